The molecular formula is C55H83N3O13. The number of amides is 2. The van der Waals surface area contributed by atoms with Gasteiger partial charge >= 0.3 is 12.2 Å². The van der Waals surface area contributed by atoms with Crippen molar-refractivity contribution in [3.8, 4) is 23.0 Å². The molecule has 16 heteroatoms. The molecule has 0 spiro atoms. The summed E-state index contributed by atoms with van der Waals surface area (Å²) in [6.45, 7) is 8.97. The Balaban J connectivity index is 1.59. The molecule has 0 radical (unpaired) electrons. The van der Waals surface area contributed by atoms with Crippen molar-refractivity contribution in [3.05, 3.63) is 66.3 Å². The van der Waals surface area contributed by atoms with E-state index in [1.54, 1.807) is 48.4 Å². The lowest BCUT2D eigenvalue weighted by Gasteiger charge is -2.59. The van der Waals surface area contributed by atoms with Gasteiger partial charge in [-0.25, -0.2) is 9.59 Å². The second-order valence-corrected chi connectivity index (χ2v) is 18.6. The number of hydrogen-bond acceptors (Lipinski definition) is 14. The fraction of sp³-hybridized carbons (Fsp3) is 0.655. The number of unbranched alkanes of at least 4 members (excludes halogenated alkanes) is 11. The van der Waals surface area contributed by atoms with E-state index in [1.807, 2.05) is 13.0 Å². The Morgan fingerprint density at radius 2 is 1.56 bits per heavy atom. The van der Waals surface area contributed by atoms with Crippen LogP contribution in [-0.4, -0.2) is 124 Å². The minimum absolute atomic E-state index is 0.00709. The number of rotatable bonds is 34. The molecule has 16 nitrogen and oxygen atoms in total. The van der Waals surface area contributed by atoms with Gasteiger partial charge in [-0.1, -0.05) is 94.9 Å². The molecule has 0 bridgehead atoms. The Hall–Kier alpha value is -4.87. The third-order valence-electron chi connectivity index (χ3n) is 13.9. The van der Waals surface area contributed by atoms with Crippen molar-refractivity contribution in [2.24, 2.45) is 22.9 Å². The summed E-state index contributed by atoms with van der Waals surface area (Å²) in [4.78, 5) is 35.9. The van der Waals surface area contributed by atoms with Crippen molar-refractivity contribution >= 4 is 23.6 Å². The molecule has 2 aliphatic carbocycles. The van der Waals surface area contributed by atoms with Crippen molar-refractivity contribution in [3.63, 3.8) is 0 Å². The molecule has 1 aliphatic heterocycles. The van der Waals surface area contributed by atoms with Crippen LogP contribution >= 0.6 is 0 Å². The first-order valence-corrected chi connectivity index (χ1v) is 26.3. The summed E-state index contributed by atoms with van der Waals surface area (Å²) in [7, 11) is 3.05. The maximum Gasteiger partial charge on any atom is 0.417 e. The van der Waals surface area contributed by atoms with Gasteiger partial charge in [0, 0.05) is 43.7 Å². The van der Waals surface area contributed by atoms with E-state index in [-0.39, 0.29) is 82.7 Å². The number of nitrogens with zero attached hydrogens (tertiary/aromatic N) is 2. The predicted octanol–water partition coefficient (Wildman–Crippen LogP) is 10.3. The van der Waals surface area contributed by atoms with Gasteiger partial charge in [0.1, 0.15) is 35.6 Å². The van der Waals surface area contributed by atoms with Crippen LogP contribution in [0, 0.1) is 17.8 Å². The number of hydrogen-bond donors (Lipinski definition) is 4. The lowest BCUT2D eigenvalue weighted by Crippen LogP contribution is -2.70. The Morgan fingerprint density at radius 1 is 0.845 bits per heavy atom. The summed E-state index contributed by atoms with van der Waals surface area (Å²) < 4.78 is 43.2. The highest BCUT2D eigenvalue weighted by molar-refractivity contribution is 6.03. The topological polar surface area (TPSA) is 196 Å². The number of ether oxygens (including phenoxy) is 7. The standard InChI is InChI=1S/C55H83N3O13/c1-6-9-10-11-12-13-14-15-16-21-33-67-54(63)58(28-34-66-35-31-61)50-39-47(57-69-8-3)44-36-40(22-17-19-29-59)43(23-18-20-30-60)51-45-37-42(25-27-48(45)71-55(50,52(44)51)68-32-7-2)70-53(62)56-46-26-24-41(64-4)38-49(46)65-5/h7,24-27,36-38,40,43,50-52,59-61H,2,6,8-23,28-35,39H2,1,3-5H3,(H,56,62). The fourth-order valence-electron chi connectivity index (χ4n) is 10.5. The fourth-order valence-corrected chi connectivity index (χ4v) is 10.5. The van der Waals surface area contributed by atoms with Crippen LogP contribution in [0.15, 0.2) is 65.9 Å². The minimum atomic E-state index is -1.54. The largest absolute Gasteiger partial charge is 0.497 e. The van der Waals surface area contributed by atoms with Crippen molar-refractivity contribution in [1.29, 1.82) is 0 Å². The van der Waals surface area contributed by atoms with Crippen molar-refractivity contribution in [1.82, 2.24) is 4.90 Å². The molecule has 0 aromatic heterocycles. The summed E-state index contributed by atoms with van der Waals surface area (Å²) in [5.74, 6) is -0.842. The number of aliphatic hydroxyl groups excluding tert-OH is 3. The molecule has 6 unspecified atom stereocenters. The van der Waals surface area contributed by atoms with Crippen LogP contribution in [0.3, 0.4) is 0 Å². The van der Waals surface area contributed by atoms with Gasteiger partial charge in [-0.15, -0.1) is 6.58 Å². The van der Waals surface area contributed by atoms with Gasteiger partial charge in [0.25, 0.3) is 0 Å². The maximum atomic E-state index is 14.7. The maximum absolute atomic E-state index is 14.7. The zero-order valence-electron chi connectivity index (χ0n) is 42.9. The van der Waals surface area contributed by atoms with Gasteiger partial charge in [0.05, 0.1) is 64.6 Å². The number of carbonyl (C=O) groups is 2. The average molecular weight is 994 g/mol. The summed E-state index contributed by atoms with van der Waals surface area (Å²) in [5.41, 5.74) is 2.68. The number of oxime groups is 1. The molecule has 2 aromatic carbocycles. The smallest absolute Gasteiger partial charge is 0.417 e. The van der Waals surface area contributed by atoms with Crippen LogP contribution in [0.5, 0.6) is 23.0 Å². The van der Waals surface area contributed by atoms with E-state index in [0.29, 0.717) is 48.1 Å². The van der Waals surface area contributed by atoms with Crippen LogP contribution in [0.2, 0.25) is 0 Å². The molecule has 71 heavy (non-hydrogen) atoms. The van der Waals surface area contributed by atoms with Crippen LogP contribution in [0.1, 0.15) is 134 Å². The molecule has 2 aromatic rings. The van der Waals surface area contributed by atoms with E-state index in [2.05, 4.69) is 24.9 Å². The lowest BCUT2D eigenvalue weighted by atomic mass is 9.55. The van der Waals surface area contributed by atoms with Crippen molar-refractivity contribution < 1.29 is 62.9 Å². The first kappa shape index (κ1) is 57.0. The lowest BCUT2D eigenvalue weighted by molar-refractivity contribution is -0.256. The molecule has 396 valence electrons. The van der Waals surface area contributed by atoms with Gasteiger partial charge in [0.15, 0.2) is 0 Å². The Morgan fingerprint density at radius 3 is 2.24 bits per heavy atom. The van der Waals surface area contributed by atoms with E-state index in [4.69, 9.17) is 43.2 Å². The number of anilines is 1. The van der Waals surface area contributed by atoms with Gasteiger partial charge < -0.3 is 53.3 Å². The Labute approximate surface area is 422 Å². The molecule has 6 atom stereocenters. The van der Waals surface area contributed by atoms with Crippen molar-refractivity contribution in [2.75, 3.05) is 78.9 Å². The zero-order valence-corrected chi connectivity index (χ0v) is 42.9. The molecule has 1 saturated carbocycles. The van der Waals surface area contributed by atoms with Gasteiger partial charge in [0.2, 0.25) is 5.79 Å². The van der Waals surface area contributed by atoms with E-state index in [1.165, 1.54) is 45.6 Å². The summed E-state index contributed by atoms with van der Waals surface area (Å²) in [5, 5.41) is 37.2. The van der Waals surface area contributed by atoms with E-state index in [9.17, 15) is 24.9 Å². The molecule has 5 rings (SSSR count). The summed E-state index contributed by atoms with van der Waals surface area (Å²) >= 11 is 0. The quantitative estimate of drug-likeness (QED) is 0.0294. The monoisotopic (exact) mass is 994 g/mol. The van der Waals surface area contributed by atoms with Crippen LogP contribution in [0.4, 0.5) is 15.3 Å². The molecular weight excluding hydrogens is 911 g/mol. The highest BCUT2D eigenvalue weighted by atomic mass is 16.7. The number of allylic oxidation sites excluding steroid dienone is 1. The SMILES string of the molecule is C=CCOC12Oc3ccc(OC(=O)Nc4ccc(OC)cc4OC)cc3C3C(CCCCO)C(CCCCO)C=C(C(=NOCC)CC1N(CCOCCO)C(=O)OCCCCCCCCCCCC)C32. The van der Waals surface area contributed by atoms with Crippen molar-refractivity contribution in [2.45, 2.75) is 141 Å². The predicted molar refractivity (Wildman–Crippen MR) is 274 cm³/mol. The molecule has 1 heterocycles. The molecule has 3 aliphatic rings. The average Bonchev–Trinajstić information content (AvgIpc) is 3.38. The number of benzene rings is 2. The summed E-state index contributed by atoms with van der Waals surface area (Å²) in [6.07, 6.45) is 18.5. The van der Waals surface area contributed by atoms with E-state index < -0.39 is 29.9 Å². The number of methoxy groups -OCH3 is 2. The minimum Gasteiger partial charge on any atom is -0.497 e. The molecule has 2 amide bonds. The number of nitrogens with one attached hydrogen (secondary N) is 1. The van der Waals surface area contributed by atoms with Crippen LogP contribution in [0.25, 0.3) is 0 Å². The molecule has 0 saturated heterocycles. The normalized spacial score (nSPS) is 21.5. The number of aliphatic hydroxyl groups is 3. The zero-order chi connectivity index (χ0) is 50.9. The van der Waals surface area contributed by atoms with Gasteiger partial charge in [-0.05, 0) is 86.8 Å². The van der Waals surface area contributed by atoms with E-state index >= 15 is 0 Å². The summed E-state index contributed by atoms with van der Waals surface area (Å²) in [6, 6.07) is 9.51. The number of carbonyl (C=O) groups excluding carboxylic acids is 2. The highest BCUT2D eigenvalue weighted by Gasteiger charge is 2.65. The molecule has 1 fully saturated rings. The van der Waals surface area contributed by atoms with Gasteiger partial charge in [-0.2, -0.15) is 0 Å². The highest BCUT2D eigenvalue weighted by Crippen LogP contribution is 2.62. The van der Waals surface area contributed by atoms with Crippen LogP contribution < -0.4 is 24.3 Å². The molecule has 4 N–H and O–H groups in total. The second-order valence-electron chi connectivity index (χ2n) is 18.6. The Bertz CT molecular complexity index is 2000. The third kappa shape index (κ3) is 15.8. The first-order valence-electron chi connectivity index (χ1n) is 26.3. The van der Waals surface area contributed by atoms with Crippen LogP contribution in [-0.2, 0) is 19.0 Å². The Kier molecular flexibility index (Phi) is 24.8. The first-order chi connectivity index (χ1) is 34.7. The van der Waals surface area contributed by atoms with Gasteiger partial charge in [-0.3, -0.25) is 10.2 Å². The second kappa shape index (κ2) is 30.9. The van der Waals surface area contributed by atoms with E-state index in [0.717, 1.165) is 62.5 Å². The number of fused-ring (bicyclic) bond motifs is 2. The third-order valence-corrected chi connectivity index (χ3v) is 13.9.